The molecule has 1 fully saturated rings. The van der Waals surface area contributed by atoms with Crippen molar-refractivity contribution in [2.75, 3.05) is 18.0 Å². The van der Waals surface area contributed by atoms with Crippen LogP contribution in [0.3, 0.4) is 0 Å². The molecule has 2 aromatic rings. The minimum absolute atomic E-state index is 0.0482. The quantitative estimate of drug-likeness (QED) is 0.798. The molecule has 1 saturated heterocycles. The molecule has 0 saturated carbocycles. The molecule has 132 valence electrons. The average molecular weight is 401 g/mol. The third-order valence-corrected chi connectivity index (χ3v) is 5.20. The van der Waals surface area contributed by atoms with Crippen molar-refractivity contribution in [3.8, 4) is 0 Å². The first-order valence-corrected chi connectivity index (χ1v) is 9.74. The number of benzene rings is 2. The van der Waals surface area contributed by atoms with Crippen LogP contribution in [-0.4, -0.2) is 19.0 Å². The molecule has 1 N–H and O–H groups in total. The van der Waals surface area contributed by atoms with Gasteiger partial charge in [0.25, 0.3) is 0 Å². The van der Waals surface area contributed by atoms with E-state index in [9.17, 15) is 4.79 Å². The van der Waals surface area contributed by atoms with Crippen molar-refractivity contribution < 1.29 is 4.79 Å². The maximum absolute atomic E-state index is 12.1. The summed E-state index contributed by atoms with van der Waals surface area (Å²) in [6.07, 6.45) is 3.01. The minimum Gasteiger partial charge on any atom is -0.371 e. The Morgan fingerprint density at radius 1 is 1.20 bits per heavy atom. The number of halogens is 1. The van der Waals surface area contributed by atoms with Gasteiger partial charge in [0.2, 0.25) is 5.91 Å². The minimum atomic E-state index is 0.0482. The topological polar surface area (TPSA) is 32.3 Å². The third-order valence-electron chi connectivity index (χ3n) is 4.70. The Labute approximate surface area is 158 Å². The number of hydrogen-bond donors (Lipinski definition) is 1. The summed E-state index contributed by atoms with van der Waals surface area (Å²) >= 11 is 3.44. The molecule has 0 aliphatic carbocycles. The van der Waals surface area contributed by atoms with Gasteiger partial charge in [0.05, 0.1) is 6.42 Å². The maximum Gasteiger partial charge on any atom is 0.224 e. The van der Waals surface area contributed by atoms with Gasteiger partial charge in [-0.05, 0) is 54.2 Å². The number of rotatable bonds is 5. The van der Waals surface area contributed by atoms with E-state index in [1.165, 1.54) is 18.5 Å². The smallest absolute Gasteiger partial charge is 0.224 e. The van der Waals surface area contributed by atoms with Crippen molar-refractivity contribution in [3.05, 3.63) is 64.1 Å². The van der Waals surface area contributed by atoms with E-state index in [1.54, 1.807) is 0 Å². The highest BCUT2D eigenvalue weighted by Crippen LogP contribution is 2.23. The fourth-order valence-corrected chi connectivity index (χ4v) is 3.79. The summed E-state index contributed by atoms with van der Waals surface area (Å²) in [6.45, 7) is 5.18. The van der Waals surface area contributed by atoms with Gasteiger partial charge in [-0.15, -0.1) is 0 Å². The van der Waals surface area contributed by atoms with Gasteiger partial charge in [0, 0.05) is 29.8 Å². The second-order valence-corrected chi connectivity index (χ2v) is 7.86. The number of carbonyl (C=O) groups is 1. The molecular formula is C21H25BrN2O. The summed E-state index contributed by atoms with van der Waals surface area (Å²) in [6, 6.07) is 16.5. The molecule has 0 radical (unpaired) electrons. The SMILES string of the molecule is C[C@H]1CCCN(c2ccc(CNC(=O)Cc3cccc(Br)c3)cc2)C1. The van der Waals surface area contributed by atoms with Crippen LogP contribution in [0.2, 0.25) is 0 Å². The molecule has 25 heavy (non-hydrogen) atoms. The van der Waals surface area contributed by atoms with E-state index >= 15 is 0 Å². The number of nitrogens with one attached hydrogen (secondary N) is 1. The van der Waals surface area contributed by atoms with Gasteiger partial charge < -0.3 is 10.2 Å². The van der Waals surface area contributed by atoms with Crippen LogP contribution in [0.5, 0.6) is 0 Å². The second kappa shape index (κ2) is 8.52. The zero-order valence-corrected chi connectivity index (χ0v) is 16.3. The molecule has 0 unspecified atom stereocenters. The van der Waals surface area contributed by atoms with E-state index in [0.717, 1.165) is 34.6 Å². The molecule has 3 nitrogen and oxygen atoms in total. The van der Waals surface area contributed by atoms with Gasteiger partial charge in [-0.1, -0.05) is 47.1 Å². The van der Waals surface area contributed by atoms with Crippen LogP contribution in [0.15, 0.2) is 53.0 Å². The third kappa shape index (κ3) is 5.33. The Morgan fingerprint density at radius 2 is 2.00 bits per heavy atom. The Bertz CT molecular complexity index is 714. The van der Waals surface area contributed by atoms with Gasteiger partial charge in [0.1, 0.15) is 0 Å². The number of piperidine rings is 1. The van der Waals surface area contributed by atoms with E-state index < -0.39 is 0 Å². The van der Waals surface area contributed by atoms with Crippen LogP contribution >= 0.6 is 15.9 Å². The van der Waals surface area contributed by atoms with Crippen molar-refractivity contribution in [2.24, 2.45) is 5.92 Å². The van der Waals surface area contributed by atoms with E-state index in [0.29, 0.717) is 13.0 Å². The summed E-state index contributed by atoms with van der Waals surface area (Å²) in [5.41, 5.74) is 3.44. The summed E-state index contributed by atoms with van der Waals surface area (Å²) in [5, 5.41) is 3.01. The monoisotopic (exact) mass is 400 g/mol. The second-order valence-electron chi connectivity index (χ2n) is 6.94. The number of amides is 1. The van der Waals surface area contributed by atoms with Gasteiger partial charge in [0.15, 0.2) is 0 Å². The Hall–Kier alpha value is -1.81. The summed E-state index contributed by atoms with van der Waals surface area (Å²) in [5.74, 6) is 0.817. The summed E-state index contributed by atoms with van der Waals surface area (Å²) in [4.78, 5) is 14.6. The first-order chi connectivity index (χ1) is 12.1. The van der Waals surface area contributed by atoms with Crippen molar-refractivity contribution in [2.45, 2.75) is 32.7 Å². The molecule has 4 heteroatoms. The van der Waals surface area contributed by atoms with Gasteiger partial charge >= 0.3 is 0 Å². The van der Waals surface area contributed by atoms with Gasteiger partial charge in [-0.3, -0.25) is 4.79 Å². The maximum atomic E-state index is 12.1. The average Bonchev–Trinajstić information content (AvgIpc) is 2.60. The standard InChI is InChI=1S/C21H25BrN2O/c1-16-4-3-11-24(15-16)20-9-7-17(8-10-20)14-23-21(25)13-18-5-2-6-19(22)12-18/h2,5-10,12,16H,3-4,11,13-15H2,1H3,(H,23,25)/t16-/m0/s1. The first kappa shape index (κ1) is 18.0. The van der Waals surface area contributed by atoms with E-state index in [1.807, 2.05) is 24.3 Å². The van der Waals surface area contributed by atoms with Gasteiger partial charge in [-0.25, -0.2) is 0 Å². The normalized spacial score (nSPS) is 17.4. The highest BCUT2D eigenvalue weighted by atomic mass is 79.9. The Morgan fingerprint density at radius 3 is 2.72 bits per heavy atom. The van der Waals surface area contributed by atoms with Crippen molar-refractivity contribution in [3.63, 3.8) is 0 Å². The highest BCUT2D eigenvalue weighted by molar-refractivity contribution is 9.10. The van der Waals surface area contributed by atoms with Crippen molar-refractivity contribution >= 4 is 27.5 Å². The summed E-state index contributed by atoms with van der Waals surface area (Å²) < 4.78 is 1.00. The van der Waals surface area contributed by atoms with Crippen molar-refractivity contribution in [1.29, 1.82) is 0 Å². The van der Waals surface area contributed by atoms with E-state index in [4.69, 9.17) is 0 Å². The zero-order valence-electron chi connectivity index (χ0n) is 14.7. The zero-order chi connectivity index (χ0) is 17.6. The van der Waals surface area contributed by atoms with Crippen LogP contribution in [0.4, 0.5) is 5.69 Å². The fourth-order valence-electron chi connectivity index (χ4n) is 3.34. The molecular weight excluding hydrogens is 376 g/mol. The van der Waals surface area contributed by atoms with Crippen LogP contribution in [-0.2, 0) is 17.8 Å². The molecule has 1 aliphatic rings. The van der Waals surface area contributed by atoms with Gasteiger partial charge in [-0.2, -0.15) is 0 Å². The first-order valence-electron chi connectivity index (χ1n) is 8.95. The molecule has 1 heterocycles. The lowest BCUT2D eigenvalue weighted by molar-refractivity contribution is -0.120. The lowest BCUT2D eigenvalue weighted by Crippen LogP contribution is -2.34. The molecule has 1 atom stereocenters. The van der Waals surface area contributed by atoms with Crippen molar-refractivity contribution in [1.82, 2.24) is 5.32 Å². The highest BCUT2D eigenvalue weighted by Gasteiger charge is 2.16. The number of anilines is 1. The largest absolute Gasteiger partial charge is 0.371 e. The Kier molecular flexibility index (Phi) is 6.14. The number of hydrogen-bond acceptors (Lipinski definition) is 2. The lowest BCUT2D eigenvalue weighted by atomic mass is 9.99. The predicted octanol–water partition coefficient (Wildman–Crippen LogP) is 4.54. The van der Waals surface area contributed by atoms with Crippen LogP contribution < -0.4 is 10.2 Å². The van der Waals surface area contributed by atoms with Crippen LogP contribution in [0.1, 0.15) is 30.9 Å². The molecule has 0 aromatic heterocycles. The molecule has 0 spiro atoms. The number of carbonyl (C=O) groups excluding carboxylic acids is 1. The van der Waals surface area contributed by atoms with Crippen LogP contribution in [0, 0.1) is 5.92 Å². The van der Waals surface area contributed by atoms with E-state index in [-0.39, 0.29) is 5.91 Å². The Balaban J connectivity index is 1.50. The molecule has 1 amide bonds. The van der Waals surface area contributed by atoms with Crippen LogP contribution in [0.25, 0.3) is 0 Å². The lowest BCUT2D eigenvalue weighted by Gasteiger charge is -2.32. The van der Waals surface area contributed by atoms with E-state index in [2.05, 4.69) is 57.3 Å². The molecule has 3 rings (SSSR count). The predicted molar refractivity (Wildman–Crippen MR) is 107 cm³/mol. The molecule has 1 aliphatic heterocycles. The molecule has 2 aromatic carbocycles. The fraction of sp³-hybridized carbons (Fsp3) is 0.381. The molecule has 0 bridgehead atoms. The summed E-state index contributed by atoms with van der Waals surface area (Å²) in [7, 11) is 0. The number of nitrogens with zero attached hydrogens (tertiary/aromatic N) is 1.